The minimum absolute atomic E-state index is 0.230. The van der Waals surface area contributed by atoms with Crippen molar-refractivity contribution in [3.05, 3.63) is 29.6 Å². The van der Waals surface area contributed by atoms with Crippen LogP contribution in [0.2, 0.25) is 0 Å². The highest BCUT2D eigenvalue weighted by Gasteiger charge is 2.02. The van der Waals surface area contributed by atoms with Crippen LogP contribution in [0.3, 0.4) is 0 Å². The van der Waals surface area contributed by atoms with E-state index in [0.29, 0.717) is 37.7 Å². The molecule has 0 aliphatic carbocycles. The summed E-state index contributed by atoms with van der Waals surface area (Å²) < 4.78 is 28.9. The standard InChI is InChI=1S/C13H20FNO3/c1-16-5-2-6-17-7-8-18-10-11-3-4-12(15)9-13(11)14/h3-4,9H,2,5-8,10,15H2,1H3. The highest BCUT2D eigenvalue weighted by Crippen LogP contribution is 2.12. The molecular formula is C13H20FNO3. The molecule has 0 aromatic heterocycles. The molecule has 1 aromatic carbocycles. The van der Waals surface area contributed by atoms with Gasteiger partial charge in [-0.2, -0.15) is 0 Å². The van der Waals surface area contributed by atoms with Crippen molar-refractivity contribution in [2.75, 3.05) is 39.3 Å². The van der Waals surface area contributed by atoms with Crippen LogP contribution in [0.4, 0.5) is 10.1 Å². The Morgan fingerprint density at radius 2 is 1.89 bits per heavy atom. The summed E-state index contributed by atoms with van der Waals surface area (Å²) in [7, 11) is 1.66. The van der Waals surface area contributed by atoms with Gasteiger partial charge in [-0.25, -0.2) is 4.39 Å². The van der Waals surface area contributed by atoms with Gasteiger partial charge in [0.15, 0.2) is 0 Å². The molecule has 0 fully saturated rings. The van der Waals surface area contributed by atoms with E-state index in [0.717, 1.165) is 6.42 Å². The molecule has 1 aromatic rings. The van der Waals surface area contributed by atoms with Crippen molar-refractivity contribution >= 4 is 5.69 Å². The minimum Gasteiger partial charge on any atom is -0.399 e. The Morgan fingerprint density at radius 3 is 2.61 bits per heavy atom. The first-order valence-corrected chi connectivity index (χ1v) is 5.92. The number of hydrogen-bond acceptors (Lipinski definition) is 4. The number of rotatable bonds is 9. The van der Waals surface area contributed by atoms with E-state index < -0.39 is 0 Å². The van der Waals surface area contributed by atoms with Crippen molar-refractivity contribution in [1.82, 2.24) is 0 Å². The molecule has 0 spiro atoms. The van der Waals surface area contributed by atoms with E-state index in [2.05, 4.69) is 0 Å². The fraction of sp³-hybridized carbons (Fsp3) is 0.538. The lowest BCUT2D eigenvalue weighted by atomic mass is 10.2. The van der Waals surface area contributed by atoms with Gasteiger partial charge < -0.3 is 19.9 Å². The SMILES string of the molecule is COCCCOCCOCc1ccc(N)cc1F. The Kier molecular flexibility index (Phi) is 7.32. The summed E-state index contributed by atoms with van der Waals surface area (Å²) in [5, 5.41) is 0. The molecule has 0 unspecified atom stereocenters. The van der Waals surface area contributed by atoms with Gasteiger partial charge in [-0.15, -0.1) is 0 Å². The molecule has 5 heteroatoms. The molecule has 2 N–H and O–H groups in total. The first-order chi connectivity index (χ1) is 8.74. The number of nitrogens with two attached hydrogens (primary N) is 1. The molecule has 0 heterocycles. The molecule has 102 valence electrons. The zero-order chi connectivity index (χ0) is 13.2. The predicted molar refractivity (Wildman–Crippen MR) is 67.8 cm³/mol. The molecule has 0 aliphatic heterocycles. The molecule has 0 saturated heterocycles. The van der Waals surface area contributed by atoms with Crippen LogP contribution in [-0.2, 0) is 20.8 Å². The highest BCUT2D eigenvalue weighted by atomic mass is 19.1. The van der Waals surface area contributed by atoms with Crippen LogP contribution >= 0.6 is 0 Å². The lowest BCUT2D eigenvalue weighted by Crippen LogP contribution is -2.07. The molecule has 0 atom stereocenters. The van der Waals surface area contributed by atoms with Crippen molar-refractivity contribution in [3.63, 3.8) is 0 Å². The number of methoxy groups -OCH3 is 1. The number of hydrogen-bond donors (Lipinski definition) is 1. The van der Waals surface area contributed by atoms with E-state index in [-0.39, 0.29) is 12.4 Å². The summed E-state index contributed by atoms with van der Waals surface area (Å²) in [5.74, 6) is -0.337. The second-order valence-corrected chi connectivity index (χ2v) is 3.86. The third kappa shape index (κ3) is 5.95. The van der Waals surface area contributed by atoms with Crippen LogP contribution < -0.4 is 5.73 Å². The zero-order valence-electron chi connectivity index (χ0n) is 10.7. The van der Waals surface area contributed by atoms with E-state index in [1.54, 1.807) is 19.2 Å². The first kappa shape index (κ1) is 14.9. The van der Waals surface area contributed by atoms with Crippen LogP contribution in [0.25, 0.3) is 0 Å². The Morgan fingerprint density at radius 1 is 1.11 bits per heavy atom. The summed E-state index contributed by atoms with van der Waals surface area (Å²) >= 11 is 0. The number of halogens is 1. The summed E-state index contributed by atoms with van der Waals surface area (Å²) in [6, 6.07) is 4.58. The van der Waals surface area contributed by atoms with Crippen molar-refractivity contribution in [1.29, 1.82) is 0 Å². The molecule has 0 saturated carbocycles. The fourth-order valence-corrected chi connectivity index (χ4v) is 1.39. The monoisotopic (exact) mass is 257 g/mol. The van der Waals surface area contributed by atoms with Gasteiger partial charge in [-0.05, 0) is 18.6 Å². The average Bonchev–Trinajstić information content (AvgIpc) is 2.35. The quantitative estimate of drug-likeness (QED) is 0.543. The van der Waals surface area contributed by atoms with Gasteiger partial charge in [0.25, 0.3) is 0 Å². The number of benzene rings is 1. The molecule has 0 radical (unpaired) electrons. The fourth-order valence-electron chi connectivity index (χ4n) is 1.39. The van der Waals surface area contributed by atoms with Gasteiger partial charge in [0.1, 0.15) is 5.82 Å². The Labute approximate surface area is 107 Å². The second kappa shape index (κ2) is 8.85. The Bertz CT molecular complexity index is 347. The number of anilines is 1. The maximum atomic E-state index is 13.4. The number of ether oxygens (including phenoxy) is 3. The summed E-state index contributed by atoms with van der Waals surface area (Å²) in [4.78, 5) is 0. The van der Waals surface area contributed by atoms with Gasteiger partial charge in [-0.1, -0.05) is 6.07 Å². The van der Waals surface area contributed by atoms with E-state index in [4.69, 9.17) is 19.9 Å². The van der Waals surface area contributed by atoms with Gasteiger partial charge >= 0.3 is 0 Å². The molecule has 0 aliphatic rings. The third-order valence-corrected chi connectivity index (χ3v) is 2.34. The molecular weight excluding hydrogens is 237 g/mol. The summed E-state index contributed by atoms with van der Waals surface area (Å²) in [6.07, 6.45) is 0.864. The largest absolute Gasteiger partial charge is 0.399 e. The Hall–Kier alpha value is -1.17. The van der Waals surface area contributed by atoms with Crippen molar-refractivity contribution in [2.45, 2.75) is 13.0 Å². The second-order valence-electron chi connectivity index (χ2n) is 3.86. The van der Waals surface area contributed by atoms with Crippen LogP contribution in [0.15, 0.2) is 18.2 Å². The van der Waals surface area contributed by atoms with E-state index >= 15 is 0 Å². The van der Waals surface area contributed by atoms with Crippen LogP contribution in [0.5, 0.6) is 0 Å². The molecule has 1 rings (SSSR count). The lowest BCUT2D eigenvalue weighted by molar-refractivity contribution is 0.0329. The van der Waals surface area contributed by atoms with Crippen molar-refractivity contribution in [2.24, 2.45) is 0 Å². The van der Waals surface area contributed by atoms with Crippen molar-refractivity contribution in [3.8, 4) is 0 Å². The highest BCUT2D eigenvalue weighted by molar-refractivity contribution is 5.40. The molecule has 0 bridgehead atoms. The van der Waals surface area contributed by atoms with Gasteiger partial charge in [0.05, 0.1) is 19.8 Å². The molecule has 4 nitrogen and oxygen atoms in total. The smallest absolute Gasteiger partial charge is 0.130 e. The molecule has 0 amide bonds. The van der Waals surface area contributed by atoms with E-state index in [9.17, 15) is 4.39 Å². The van der Waals surface area contributed by atoms with Gasteiger partial charge in [0, 0.05) is 31.6 Å². The normalized spacial score (nSPS) is 10.8. The van der Waals surface area contributed by atoms with Crippen LogP contribution in [0, 0.1) is 5.82 Å². The van der Waals surface area contributed by atoms with E-state index in [1.165, 1.54) is 6.07 Å². The summed E-state index contributed by atoms with van der Waals surface area (Å²) in [6.45, 7) is 2.51. The van der Waals surface area contributed by atoms with Crippen LogP contribution in [0.1, 0.15) is 12.0 Å². The Balaban J connectivity index is 2.07. The first-order valence-electron chi connectivity index (χ1n) is 5.92. The van der Waals surface area contributed by atoms with E-state index in [1.807, 2.05) is 0 Å². The van der Waals surface area contributed by atoms with Gasteiger partial charge in [-0.3, -0.25) is 0 Å². The van der Waals surface area contributed by atoms with Crippen molar-refractivity contribution < 1.29 is 18.6 Å². The summed E-state index contributed by atoms with van der Waals surface area (Å²) in [5.41, 5.74) is 6.37. The maximum absolute atomic E-state index is 13.4. The van der Waals surface area contributed by atoms with Gasteiger partial charge in [0.2, 0.25) is 0 Å². The maximum Gasteiger partial charge on any atom is 0.130 e. The third-order valence-electron chi connectivity index (χ3n) is 2.34. The predicted octanol–water partition coefficient (Wildman–Crippen LogP) is 1.98. The average molecular weight is 257 g/mol. The minimum atomic E-state index is -0.337. The zero-order valence-corrected chi connectivity index (χ0v) is 10.7. The number of nitrogen functional groups attached to an aromatic ring is 1. The molecule has 18 heavy (non-hydrogen) atoms. The topological polar surface area (TPSA) is 53.7 Å². The lowest BCUT2D eigenvalue weighted by Gasteiger charge is -2.07. The van der Waals surface area contributed by atoms with Crippen LogP contribution in [-0.4, -0.2) is 33.5 Å².